The Morgan fingerprint density at radius 1 is 1.11 bits per heavy atom. The summed E-state index contributed by atoms with van der Waals surface area (Å²) in [5.41, 5.74) is 8.82. The molecule has 0 bridgehead atoms. The second-order valence-corrected chi connectivity index (χ2v) is 5.93. The first kappa shape index (κ1) is 12.5. The number of rotatable bonds is 3. The number of aromatic nitrogens is 1. The smallest absolute Gasteiger partial charge is 0.0942 e. The first-order chi connectivity index (χ1) is 9.22. The lowest BCUT2D eigenvalue weighted by atomic mass is 10.1. The van der Waals surface area contributed by atoms with Crippen molar-refractivity contribution in [1.29, 1.82) is 0 Å². The highest BCUT2D eigenvalue weighted by molar-refractivity contribution is 7.19. The monoisotopic (exact) mass is 288 g/mol. The molecule has 0 aliphatic heterocycles. The summed E-state index contributed by atoms with van der Waals surface area (Å²) in [6, 6.07) is 13.8. The van der Waals surface area contributed by atoms with Crippen molar-refractivity contribution in [3.63, 3.8) is 0 Å². The lowest BCUT2D eigenvalue weighted by molar-refractivity contribution is 0.949. The van der Waals surface area contributed by atoms with E-state index in [1.807, 2.05) is 36.4 Å². The number of aryl methyl sites for hydroxylation is 2. The third kappa shape index (κ3) is 2.72. The zero-order chi connectivity index (χ0) is 13.2. The highest BCUT2D eigenvalue weighted by Gasteiger charge is 2.06. The van der Waals surface area contributed by atoms with Gasteiger partial charge < -0.3 is 5.73 Å². The average Bonchev–Trinajstić information content (AvgIpc) is 2.81. The number of anilines is 1. The quantitative estimate of drug-likeness (QED) is 0.729. The number of nitrogens with two attached hydrogens (primary N) is 1. The lowest BCUT2D eigenvalue weighted by Gasteiger charge is -2.00. The predicted molar refractivity (Wildman–Crippen MR) is 82.9 cm³/mol. The van der Waals surface area contributed by atoms with Crippen LogP contribution in [0.3, 0.4) is 0 Å². The van der Waals surface area contributed by atoms with Crippen LogP contribution < -0.4 is 5.73 Å². The van der Waals surface area contributed by atoms with Crippen LogP contribution in [0.15, 0.2) is 42.5 Å². The molecule has 0 radical (unpaired) electrons. The van der Waals surface area contributed by atoms with Crippen molar-refractivity contribution in [1.82, 2.24) is 4.98 Å². The average molecular weight is 289 g/mol. The first-order valence-corrected chi connectivity index (χ1v) is 7.30. The molecule has 0 atom stereocenters. The number of hydrogen-bond acceptors (Lipinski definition) is 3. The van der Waals surface area contributed by atoms with E-state index in [0.717, 1.165) is 38.8 Å². The molecule has 19 heavy (non-hydrogen) atoms. The standard InChI is InChI=1S/C15H13ClN2S/c16-12-5-2-6-13-15(12)19-14(18-13)8-7-10-3-1-4-11(17)9-10/h1-6,9H,7-8,17H2. The maximum atomic E-state index is 6.16. The highest BCUT2D eigenvalue weighted by Crippen LogP contribution is 2.29. The second kappa shape index (κ2) is 5.19. The van der Waals surface area contributed by atoms with Crippen LogP contribution in [0, 0.1) is 0 Å². The summed E-state index contributed by atoms with van der Waals surface area (Å²) in [7, 11) is 0. The Bertz CT molecular complexity index is 721. The fourth-order valence-electron chi connectivity index (χ4n) is 2.07. The summed E-state index contributed by atoms with van der Waals surface area (Å²) in [5.74, 6) is 0. The van der Waals surface area contributed by atoms with Gasteiger partial charge >= 0.3 is 0 Å². The number of nitrogens with zero attached hydrogens (tertiary/aromatic N) is 1. The van der Waals surface area contributed by atoms with Crippen LogP contribution in [0.5, 0.6) is 0 Å². The van der Waals surface area contributed by atoms with Crippen LogP contribution in [-0.4, -0.2) is 4.98 Å². The van der Waals surface area contributed by atoms with Crippen molar-refractivity contribution in [3.8, 4) is 0 Å². The SMILES string of the molecule is Nc1cccc(CCc2nc3cccc(Cl)c3s2)c1. The van der Waals surface area contributed by atoms with Gasteiger partial charge in [-0.05, 0) is 36.2 Å². The van der Waals surface area contributed by atoms with Crippen LogP contribution in [-0.2, 0) is 12.8 Å². The molecule has 2 aromatic carbocycles. The molecular formula is C15H13ClN2S. The van der Waals surface area contributed by atoms with Gasteiger partial charge in [-0.3, -0.25) is 0 Å². The van der Waals surface area contributed by atoms with Crippen LogP contribution in [0.4, 0.5) is 5.69 Å². The molecule has 0 aliphatic carbocycles. The zero-order valence-electron chi connectivity index (χ0n) is 10.3. The zero-order valence-corrected chi connectivity index (χ0v) is 11.8. The molecule has 3 aromatic rings. The molecule has 3 rings (SSSR count). The number of halogens is 1. The maximum Gasteiger partial charge on any atom is 0.0942 e. The van der Waals surface area contributed by atoms with E-state index in [9.17, 15) is 0 Å². The van der Waals surface area contributed by atoms with E-state index in [1.165, 1.54) is 5.56 Å². The maximum absolute atomic E-state index is 6.16. The van der Waals surface area contributed by atoms with Crippen LogP contribution in [0.25, 0.3) is 10.2 Å². The highest BCUT2D eigenvalue weighted by atomic mass is 35.5. The summed E-state index contributed by atoms with van der Waals surface area (Å²) < 4.78 is 1.08. The fourth-order valence-corrected chi connectivity index (χ4v) is 3.32. The Morgan fingerprint density at radius 3 is 2.74 bits per heavy atom. The van der Waals surface area contributed by atoms with Crippen molar-refractivity contribution < 1.29 is 0 Å². The van der Waals surface area contributed by atoms with Crippen LogP contribution in [0.1, 0.15) is 10.6 Å². The minimum absolute atomic E-state index is 0.783. The van der Waals surface area contributed by atoms with E-state index in [1.54, 1.807) is 11.3 Å². The lowest BCUT2D eigenvalue weighted by Crippen LogP contribution is -1.92. The largest absolute Gasteiger partial charge is 0.399 e. The van der Waals surface area contributed by atoms with Gasteiger partial charge in [-0.15, -0.1) is 11.3 Å². The molecule has 0 fully saturated rings. The topological polar surface area (TPSA) is 38.9 Å². The van der Waals surface area contributed by atoms with E-state index in [-0.39, 0.29) is 0 Å². The van der Waals surface area contributed by atoms with Gasteiger partial charge in [0.15, 0.2) is 0 Å². The Balaban J connectivity index is 1.80. The van der Waals surface area contributed by atoms with Crippen molar-refractivity contribution in [2.24, 2.45) is 0 Å². The van der Waals surface area contributed by atoms with Crippen molar-refractivity contribution in [2.75, 3.05) is 5.73 Å². The van der Waals surface area contributed by atoms with Gasteiger partial charge in [-0.25, -0.2) is 4.98 Å². The number of nitrogen functional groups attached to an aromatic ring is 1. The van der Waals surface area contributed by atoms with Gasteiger partial charge in [0.1, 0.15) is 0 Å². The predicted octanol–water partition coefficient (Wildman–Crippen LogP) is 4.32. The molecular weight excluding hydrogens is 276 g/mol. The molecule has 96 valence electrons. The summed E-state index contributed by atoms with van der Waals surface area (Å²) in [6.07, 6.45) is 1.86. The minimum Gasteiger partial charge on any atom is -0.399 e. The van der Waals surface area contributed by atoms with Gasteiger partial charge in [0.05, 0.1) is 20.2 Å². The Morgan fingerprint density at radius 2 is 1.95 bits per heavy atom. The Labute approximate surface area is 120 Å². The van der Waals surface area contributed by atoms with Gasteiger partial charge in [0, 0.05) is 12.1 Å². The Hall–Kier alpha value is -1.58. The molecule has 4 heteroatoms. The van der Waals surface area contributed by atoms with Crippen LogP contribution >= 0.6 is 22.9 Å². The second-order valence-electron chi connectivity index (χ2n) is 4.44. The van der Waals surface area contributed by atoms with E-state index in [2.05, 4.69) is 11.1 Å². The summed E-state index contributed by atoms with van der Waals surface area (Å²) in [4.78, 5) is 4.61. The first-order valence-electron chi connectivity index (χ1n) is 6.11. The van der Waals surface area contributed by atoms with Gasteiger partial charge in [0.2, 0.25) is 0 Å². The van der Waals surface area contributed by atoms with E-state index in [4.69, 9.17) is 17.3 Å². The summed E-state index contributed by atoms with van der Waals surface area (Å²) in [5, 5.41) is 1.90. The molecule has 0 aliphatic rings. The van der Waals surface area contributed by atoms with Crippen molar-refractivity contribution >= 4 is 38.8 Å². The Kier molecular flexibility index (Phi) is 3.40. The minimum atomic E-state index is 0.783. The van der Waals surface area contributed by atoms with E-state index < -0.39 is 0 Å². The summed E-state index contributed by atoms with van der Waals surface area (Å²) >= 11 is 7.84. The molecule has 2 N–H and O–H groups in total. The van der Waals surface area contributed by atoms with Crippen molar-refractivity contribution in [2.45, 2.75) is 12.8 Å². The number of fused-ring (bicyclic) bond motifs is 1. The van der Waals surface area contributed by atoms with E-state index >= 15 is 0 Å². The third-order valence-electron chi connectivity index (χ3n) is 2.99. The normalized spacial score (nSPS) is 11.0. The van der Waals surface area contributed by atoms with E-state index in [0.29, 0.717) is 0 Å². The van der Waals surface area contributed by atoms with Crippen LogP contribution in [0.2, 0.25) is 5.02 Å². The fraction of sp³-hybridized carbons (Fsp3) is 0.133. The summed E-state index contributed by atoms with van der Waals surface area (Å²) in [6.45, 7) is 0. The van der Waals surface area contributed by atoms with Gasteiger partial charge in [-0.2, -0.15) is 0 Å². The van der Waals surface area contributed by atoms with Crippen molar-refractivity contribution in [3.05, 3.63) is 58.1 Å². The number of hydrogen-bond donors (Lipinski definition) is 1. The molecule has 2 nitrogen and oxygen atoms in total. The molecule has 0 unspecified atom stereocenters. The van der Waals surface area contributed by atoms with Gasteiger partial charge in [0.25, 0.3) is 0 Å². The molecule has 1 aromatic heterocycles. The molecule has 1 heterocycles. The number of benzene rings is 2. The third-order valence-corrected chi connectivity index (χ3v) is 4.58. The molecule has 0 amide bonds. The molecule has 0 spiro atoms. The number of thiazole rings is 1. The molecule has 0 saturated carbocycles. The molecule has 0 saturated heterocycles. The van der Waals surface area contributed by atoms with Gasteiger partial charge in [-0.1, -0.05) is 29.8 Å².